The predicted octanol–water partition coefficient (Wildman–Crippen LogP) is 4.17. The van der Waals surface area contributed by atoms with E-state index in [0.29, 0.717) is 11.3 Å². The number of amides is 3. The van der Waals surface area contributed by atoms with E-state index in [4.69, 9.17) is 4.74 Å². The Morgan fingerprint density at radius 1 is 1.06 bits per heavy atom. The van der Waals surface area contributed by atoms with Crippen LogP contribution in [0, 0.1) is 20.8 Å². The Morgan fingerprint density at radius 2 is 1.72 bits per heavy atom. The number of rotatable bonds is 8. The van der Waals surface area contributed by atoms with Gasteiger partial charge in [-0.3, -0.25) is 9.59 Å². The first-order valence-corrected chi connectivity index (χ1v) is 12.3. The number of alkyl carbamates (subject to hydrolysis) is 1. The minimum Gasteiger partial charge on any atom is -0.444 e. The van der Waals surface area contributed by atoms with Gasteiger partial charge in [0.1, 0.15) is 17.7 Å². The molecule has 0 bridgehead atoms. The van der Waals surface area contributed by atoms with Crippen molar-refractivity contribution in [1.29, 1.82) is 0 Å². The van der Waals surface area contributed by atoms with Crippen molar-refractivity contribution in [3.05, 3.63) is 64.7 Å². The fourth-order valence-corrected chi connectivity index (χ4v) is 4.15. The van der Waals surface area contributed by atoms with E-state index in [1.807, 2.05) is 63.2 Å². The highest BCUT2D eigenvalue weighted by atomic mass is 16.6. The number of aliphatic hydroxyl groups excluding tert-OH is 1. The molecule has 0 aromatic heterocycles. The van der Waals surface area contributed by atoms with Crippen molar-refractivity contribution in [3.63, 3.8) is 0 Å². The van der Waals surface area contributed by atoms with Gasteiger partial charge in [-0.05, 0) is 77.1 Å². The molecule has 3 amide bonds. The van der Waals surface area contributed by atoms with Crippen LogP contribution >= 0.6 is 0 Å². The van der Waals surface area contributed by atoms with E-state index in [0.717, 1.165) is 29.5 Å². The van der Waals surface area contributed by atoms with E-state index < -0.39 is 36.3 Å². The van der Waals surface area contributed by atoms with Gasteiger partial charge in [0, 0.05) is 11.7 Å². The van der Waals surface area contributed by atoms with Gasteiger partial charge in [-0.2, -0.15) is 0 Å². The van der Waals surface area contributed by atoms with Gasteiger partial charge >= 0.3 is 6.09 Å². The molecular formula is C28H37N3O5. The van der Waals surface area contributed by atoms with Crippen molar-refractivity contribution in [2.75, 3.05) is 11.9 Å². The summed E-state index contributed by atoms with van der Waals surface area (Å²) in [6.45, 7) is 10.3. The highest BCUT2D eigenvalue weighted by Crippen LogP contribution is 2.37. The lowest BCUT2D eigenvalue weighted by Gasteiger charge is -2.35. The molecule has 1 fully saturated rings. The standard InChI is InChI=1S/C28H37N3O5/c1-17-11-14-21(19(3)15-17)24(25(33)29-22-10-8-7-9-18(22)2)31(20-12-13-20)26(34)23(16-32)30-27(35)36-28(4,5)6/h7-11,14-15,20,23-24,32H,12-13,16H2,1-6H3,(H,29,33)(H,30,35). The number of aryl methyl sites for hydroxylation is 3. The zero-order valence-electron chi connectivity index (χ0n) is 21.9. The molecule has 0 radical (unpaired) electrons. The average Bonchev–Trinajstić information content (AvgIpc) is 3.61. The summed E-state index contributed by atoms with van der Waals surface area (Å²) >= 11 is 0. The molecule has 1 saturated carbocycles. The van der Waals surface area contributed by atoms with E-state index in [1.165, 1.54) is 4.90 Å². The van der Waals surface area contributed by atoms with Crippen molar-refractivity contribution in [3.8, 4) is 0 Å². The molecule has 0 saturated heterocycles. The quantitative estimate of drug-likeness (QED) is 0.510. The maximum absolute atomic E-state index is 13.8. The van der Waals surface area contributed by atoms with Gasteiger partial charge in [0.05, 0.1) is 6.61 Å². The number of ether oxygens (including phenoxy) is 1. The molecule has 0 spiro atoms. The summed E-state index contributed by atoms with van der Waals surface area (Å²) in [6, 6.07) is 10.8. The third-order valence-corrected chi connectivity index (χ3v) is 6.02. The highest BCUT2D eigenvalue weighted by molar-refractivity contribution is 5.99. The second-order valence-corrected chi connectivity index (χ2v) is 10.4. The Morgan fingerprint density at radius 3 is 2.28 bits per heavy atom. The molecule has 8 heteroatoms. The Kier molecular flexibility index (Phi) is 8.40. The van der Waals surface area contributed by atoms with Gasteiger partial charge in [0.25, 0.3) is 5.91 Å². The van der Waals surface area contributed by atoms with Crippen molar-refractivity contribution in [2.24, 2.45) is 0 Å². The van der Waals surface area contributed by atoms with Crippen molar-refractivity contribution < 1.29 is 24.2 Å². The van der Waals surface area contributed by atoms with Crippen LogP contribution in [0.4, 0.5) is 10.5 Å². The van der Waals surface area contributed by atoms with Crippen LogP contribution in [0.3, 0.4) is 0 Å². The van der Waals surface area contributed by atoms with Crippen LogP contribution < -0.4 is 10.6 Å². The normalized spacial score (nSPS) is 15.0. The van der Waals surface area contributed by atoms with Crippen LogP contribution in [0.25, 0.3) is 0 Å². The van der Waals surface area contributed by atoms with Gasteiger partial charge in [0.15, 0.2) is 0 Å². The number of nitrogens with zero attached hydrogens (tertiary/aromatic N) is 1. The first-order valence-electron chi connectivity index (χ1n) is 12.3. The van der Waals surface area contributed by atoms with Gasteiger partial charge in [-0.25, -0.2) is 4.79 Å². The van der Waals surface area contributed by atoms with E-state index >= 15 is 0 Å². The molecule has 1 aliphatic carbocycles. The maximum atomic E-state index is 13.8. The summed E-state index contributed by atoms with van der Waals surface area (Å²) < 4.78 is 5.28. The molecule has 0 heterocycles. The van der Waals surface area contributed by atoms with Gasteiger partial charge in [0.2, 0.25) is 5.91 Å². The number of carbonyl (C=O) groups excluding carboxylic acids is 3. The average molecular weight is 496 g/mol. The smallest absolute Gasteiger partial charge is 0.408 e. The van der Waals surface area contributed by atoms with E-state index in [1.54, 1.807) is 20.8 Å². The molecule has 2 atom stereocenters. The number of anilines is 1. The second-order valence-electron chi connectivity index (χ2n) is 10.4. The SMILES string of the molecule is Cc1ccc(C(C(=O)Nc2ccccc2C)N(C(=O)C(CO)NC(=O)OC(C)(C)C)C2CC2)c(C)c1. The fraction of sp³-hybridized carbons (Fsp3) is 0.464. The van der Waals surface area contributed by atoms with Crippen LogP contribution in [-0.2, 0) is 14.3 Å². The van der Waals surface area contributed by atoms with Crippen molar-refractivity contribution in [2.45, 2.75) is 78.1 Å². The van der Waals surface area contributed by atoms with Crippen molar-refractivity contribution >= 4 is 23.6 Å². The summed E-state index contributed by atoms with van der Waals surface area (Å²) in [6.07, 6.45) is 0.656. The number of para-hydroxylation sites is 1. The zero-order chi connectivity index (χ0) is 26.6. The van der Waals surface area contributed by atoms with Crippen LogP contribution in [0.15, 0.2) is 42.5 Å². The lowest BCUT2D eigenvalue weighted by molar-refractivity contribution is -0.142. The molecule has 2 aromatic carbocycles. The van der Waals surface area contributed by atoms with Gasteiger partial charge < -0.3 is 25.4 Å². The summed E-state index contributed by atoms with van der Waals surface area (Å²) in [4.78, 5) is 41.5. The number of nitrogens with one attached hydrogen (secondary N) is 2. The van der Waals surface area contributed by atoms with E-state index in [-0.39, 0.29) is 11.9 Å². The molecule has 3 N–H and O–H groups in total. The zero-order valence-corrected chi connectivity index (χ0v) is 21.9. The molecule has 0 aliphatic heterocycles. The number of aliphatic hydroxyl groups is 1. The highest BCUT2D eigenvalue weighted by Gasteiger charge is 2.44. The van der Waals surface area contributed by atoms with Gasteiger partial charge in [-0.15, -0.1) is 0 Å². The summed E-state index contributed by atoms with van der Waals surface area (Å²) in [7, 11) is 0. The fourth-order valence-electron chi connectivity index (χ4n) is 4.15. The Hall–Kier alpha value is -3.39. The van der Waals surface area contributed by atoms with Crippen molar-refractivity contribution in [1.82, 2.24) is 10.2 Å². The molecular weight excluding hydrogens is 458 g/mol. The number of hydrogen-bond donors (Lipinski definition) is 3. The minimum absolute atomic E-state index is 0.180. The summed E-state index contributed by atoms with van der Waals surface area (Å²) in [5.74, 6) is -0.888. The molecule has 36 heavy (non-hydrogen) atoms. The van der Waals surface area contributed by atoms with Crippen LogP contribution in [0.5, 0.6) is 0 Å². The van der Waals surface area contributed by atoms with Crippen LogP contribution in [0.2, 0.25) is 0 Å². The van der Waals surface area contributed by atoms with E-state index in [2.05, 4.69) is 10.6 Å². The third kappa shape index (κ3) is 6.85. The summed E-state index contributed by atoms with van der Waals surface area (Å²) in [5, 5.41) is 15.5. The number of benzene rings is 2. The molecule has 1 aliphatic rings. The molecule has 8 nitrogen and oxygen atoms in total. The first kappa shape index (κ1) is 27.2. The molecule has 3 rings (SSSR count). The molecule has 2 unspecified atom stereocenters. The Balaban J connectivity index is 1.99. The van der Waals surface area contributed by atoms with Crippen LogP contribution in [0.1, 0.15) is 61.9 Å². The summed E-state index contributed by atoms with van der Waals surface area (Å²) in [5.41, 5.74) is 3.40. The maximum Gasteiger partial charge on any atom is 0.408 e. The van der Waals surface area contributed by atoms with Crippen LogP contribution in [-0.4, -0.2) is 52.2 Å². The Labute approximate surface area is 213 Å². The number of hydrogen-bond acceptors (Lipinski definition) is 5. The lowest BCUT2D eigenvalue weighted by Crippen LogP contribution is -2.54. The van der Waals surface area contributed by atoms with Gasteiger partial charge in [-0.1, -0.05) is 42.0 Å². The predicted molar refractivity (Wildman–Crippen MR) is 139 cm³/mol. The monoisotopic (exact) mass is 495 g/mol. The molecule has 2 aromatic rings. The second kappa shape index (κ2) is 11.1. The molecule has 194 valence electrons. The third-order valence-electron chi connectivity index (χ3n) is 6.02. The Bertz CT molecular complexity index is 1120. The topological polar surface area (TPSA) is 108 Å². The largest absolute Gasteiger partial charge is 0.444 e. The van der Waals surface area contributed by atoms with E-state index in [9.17, 15) is 19.5 Å². The minimum atomic E-state index is -1.25. The number of carbonyl (C=O) groups is 3. The lowest BCUT2D eigenvalue weighted by atomic mass is 9.96. The first-order chi connectivity index (χ1) is 16.9.